The van der Waals surface area contributed by atoms with Crippen LogP contribution in [0, 0.1) is 5.92 Å². The van der Waals surface area contributed by atoms with Gasteiger partial charge in [-0.05, 0) is 30.9 Å². The summed E-state index contributed by atoms with van der Waals surface area (Å²) in [6, 6.07) is 7.51. The van der Waals surface area contributed by atoms with Gasteiger partial charge < -0.3 is 10.5 Å². The first-order chi connectivity index (χ1) is 8.72. The Morgan fingerprint density at radius 3 is 2.72 bits per heavy atom. The summed E-state index contributed by atoms with van der Waals surface area (Å²) in [4.78, 5) is 0.758. The lowest BCUT2D eigenvalue weighted by molar-refractivity contribution is 0.403. The second kappa shape index (κ2) is 6.34. The van der Waals surface area contributed by atoms with Crippen LogP contribution in [0.3, 0.4) is 0 Å². The Balaban J connectivity index is 2.02. The lowest BCUT2D eigenvalue weighted by atomic mass is 10.0. The third-order valence-electron chi connectivity index (χ3n) is 3.66. The van der Waals surface area contributed by atoms with Gasteiger partial charge in [-0.15, -0.1) is 0 Å². The van der Waals surface area contributed by atoms with Gasteiger partial charge >= 0.3 is 0 Å². The minimum absolute atomic E-state index is 0.0400. The second-order valence-electron chi connectivity index (χ2n) is 4.87. The summed E-state index contributed by atoms with van der Waals surface area (Å²) in [5.41, 5.74) is 6.17. The van der Waals surface area contributed by atoms with Gasteiger partial charge in [-0.1, -0.05) is 25.0 Å². The zero-order valence-electron chi connectivity index (χ0n) is 10.8. The molecule has 1 fully saturated rings. The van der Waals surface area contributed by atoms with E-state index >= 15 is 0 Å². The molecule has 0 saturated heterocycles. The molecule has 3 nitrogen and oxygen atoms in total. The molecule has 100 valence electrons. The predicted octanol–water partition coefficient (Wildman–Crippen LogP) is 2.32. The van der Waals surface area contributed by atoms with Gasteiger partial charge in [-0.3, -0.25) is 4.21 Å². The van der Waals surface area contributed by atoms with E-state index in [4.69, 9.17) is 10.5 Å². The largest absolute Gasteiger partial charge is 0.495 e. The first kappa shape index (κ1) is 13.6. The predicted molar refractivity (Wildman–Crippen MR) is 74.2 cm³/mol. The van der Waals surface area contributed by atoms with Crippen LogP contribution in [0.25, 0.3) is 0 Å². The quantitative estimate of drug-likeness (QED) is 0.890. The van der Waals surface area contributed by atoms with Gasteiger partial charge in [-0.2, -0.15) is 0 Å². The highest BCUT2D eigenvalue weighted by Crippen LogP contribution is 2.28. The number of nitrogens with two attached hydrogens (primary N) is 1. The van der Waals surface area contributed by atoms with Gasteiger partial charge in [0.15, 0.2) is 0 Å². The van der Waals surface area contributed by atoms with Gasteiger partial charge in [0.05, 0.1) is 22.8 Å². The highest BCUT2D eigenvalue weighted by atomic mass is 32.2. The van der Waals surface area contributed by atoms with Gasteiger partial charge in [0.25, 0.3) is 0 Å². The number of rotatable bonds is 5. The molecule has 0 radical (unpaired) electrons. The van der Waals surface area contributed by atoms with Crippen molar-refractivity contribution in [2.45, 2.75) is 36.6 Å². The zero-order chi connectivity index (χ0) is 13.0. The summed E-state index contributed by atoms with van der Waals surface area (Å²) < 4.78 is 17.6. The van der Waals surface area contributed by atoms with Crippen molar-refractivity contribution >= 4 is 10.8 Å². The Morgan fingerprint density at radius 1 is 1.39 bits per heavy atom. The SMILES string of the molecule is COc1ccccc1S(=O)CC(N)C1CCCC1. The molecule has 2 rings (SSSR count). The molecule has 2 unspecified atom stereocenters. The van der Waals surface area contributed by atoms with Crippen LogP contribution in [0.1, 0.15) is 25.7 Å². The number of hydrogen-bond donors (Lipinski definition) is 1. The molecular formula is C14H21NO2S. The van der Waals surface area contributed by atoms with Gasteiger partial charge in [0, 0.05) is 11.8 Å². The maximum absolute atomic E-state index is 12.3. The highest BCUT2D eigenvalue weighted by Gasteiger charge is 2.24. The van der Waals surface area contributed by atoms with Gasteiger partial charge in [-0.25, -0.2) is 0 Å². The minimum Gasteiger partial charge on any atom is -0.495 e. The first-order valence-electron chi connectivity index (χ1n) is 6.49. The van der Waals surface area contributed by atoms with E-state index in [1.165, 1.54) is 25.7 Å². The maximum Gasteiger partial charge on any atom is 0.134 e. The van der Waals surface area contributed by atoms with Crippen molar-refractivity contribution in [1.82, 2.24) is 0 Å². The fourth-order valence-electron chi connectivity index (χ4n) is 2.59. The molecule has 0 spiro atoms. The molecule has 0 aliphatic heterocycles. The first-order valence-corrected chi connectivity index (χ1v) is 7.81. The molecule has 18 heavy (non-hydrogen) atoms. The number of para-hydroxylation sites is 1. The van der Waals surface area contributed by atoms with E-state index in [1.54, 1.807) is 7.11 Å². The molecule has 0 amide bonds. The normalized spacial score (nSPS) is 19.7. The van der Waals surface area contributed by atoms with Crippen LogP contribution in [0.5, 0.6) is 5.75 Å². The lowest BCUT2D eigenvalue weighted by Crippen LogP contribution is -2.34. The van der Waals surface area contributed by atoms with Gasteiger partial charge in [0.2, 0.25) is 0 Å². The summed E-state index contributed by atoms with van der Waals surface area (Å²) in [5, 5.41) is 0. The molecule has 1 aromatic rings. The van der Waals surface area contributed by atoms with E-state index in [1.807, 2.05) is 24.3 Å². The molecule has 1 saturated carbocycles. The van der Waals surface area contributed by atoms with E-state index in [-0.39, 0.29) is 6.04 Å². The van der Waals surface area contributed by atoms with Crippen molar-refractivity contribution in [3.05, 3.63) is 24.3 Å². The van der Waals surface area contributed by atoms with Crippen molar-refractivity contribution in [2.75, 3.05) is 12.9 Å². The fraction of sp³-hybridized carbons (Fsp3) is 0.571. The molecular weight excluding hydrogens is 246 g/mol. The van der Waals surface area contributed by atoms with Crippen molar-refractivity contribution in [3.8, 4) is 5.75 Å². The minimum atomic E-state index is -1.07. The van der Waals surface area contributed by atoms with Crippen molar-refractivity contribution < 1.29 is 8.95 Å². The second-order valence-corrected chi connectivity index (χ2v) is 6.34. The molecule has 0 aromatic heterocycles. The van der Waals surface area contributed by atoms with Crippen molar-refractivity contribution in [2.24, 2.45) is 11.7 Å². The standard InChI is InChI=1S/C14H21NO2S/c1-17-13-8-4-5-9-14(13)18(16)10-12(15)11-6-2-3-7-11/h4-5,8-9,11-12H,2-3,6-7,10,15H2,1H3. The summed E-state index contributed by atoms with van der Waals surface area (Å²) in [7, 11) is 0.533. The number of ether oxygens (including phenoxy) is 1. The van der Waals surface area contributed by atoms with Crippen molar-refractivity contribution in [3.63, 3.8) is 0 Å². The maximum atomic E-state index is 12.3. The van der Waals surface area contributed by atoms with Crippen LogP contribution in [-0.4, -0.2) is 23.1 Å². The van der Waals surface area contributed by atoms with Gasteiger partial charge in [0.1, 0.15) is 5.75 Å². The molecule has 0 heterocycles. The van der Waals surface area contributed by atoms with E-state index in [0.29, 0.717) is 17.4 Å². The van der Waals surface area contributed by atoms with E-state index < -0.39 is 10.8 Å². The average molecular weight is 267 g/mol. The number of methoxy groups -OCH3 is 1. The van der Waals surface area contributed by atoms with E-state index in [9.17, 15) is 4.21 Å². The Kier molecular flexibility index (Phi) is 4.78. The lowest BCUT2D eigenvalue weighted by Gasteiger charge is -2.18. The fourth-order valence-corrected chi connectivity index (χ4v) is 4.00. The molecule has 0 bridgehead atoms. The summed E-state index contributed by atoms with van der Waals surface area (Å²) in [6.45, 7) is 0. The Hall–Kier alpha value is -0.870. The monoisotopic (exact) mass is 267 g/mol. The number of benzene rings is 1. The van der Waals surface area contributed by atoms with Crippen LogP contribution in [0.15, 0.2) is 29.2 Å². The third kappa shape index (κ3) is 3.12. The van der Waals surface area contributed by atoms with E-state index in [0.717, 1.165) is 4.90 Å². The smallest absolute Gasteiger partial charge is 0.134 e. The van der Waals surface area contributed by atoms with Crippen LogP contribution in [-0.2, 0) is 10.8 Å². The molecule has 1 aliphatic carbocycles. The Labute approximate surface area is 111 Å². The summed E-state index contributed by atoms with van der Waals surface area (Å²) in [5.74, 6) is 1.77. The highest BCUT2D eigenvalue weighted by molar-refractivity contribution is 7.85. The third-order valence-corrected chi connectivity index (χ3v) is 5.18. The average Bonchev–Trinajstić information content (AvgIpc) is 2.92. The van der Waals surface area contributed by atoms with Crippen LogP contribution in [0.4, 0.5) is 0 Å². The molecule has 4 heteroatoms. The molecule has 1 aromatic carbocycles. The molecule has 1 aliphatic rings. The Morgan fingerprint density at radius 2 is 2.06 bits per heavy atom. The van der Waals surface area contributed by atoms with E-state index in [2.05, 4.69) is 0 Å². The van der Waals surface area contributed by atoms with Crippen LogP contribution < -0.4 is 10.5 Å². The molecule has 2 N–H and O–H groups in total. The number of hydrogen-bond acceptors (Lipinski definition) is 3. The Bertz CT molecular complexity index is 416. The van der Waals surface area contributed by atoms with Crippen LogP contribution >= 0.6 is 0 Å². The van der Waals surface area contributed by atoms with Crippen molar-refractivity contribution in [1.29, 1.82) is 0 Å². The topological polar surface area (TPSA) is 52.3 Å². The summed E-state index contributed by atoms with van der Waals surface area (Å²) in [6.07, 6.45) is 4.90. The summed E-state index contributed by atoms with van der Waals surface area (Å²) >= 11 is 0. The van der Waals surface area contributed by atoms with Crippen LogP contribution in [0.2, 0.25) is 0 Å². The zero-order valence-corrected chi connectivity index (χ0v) is 11.6. The molecule has 2 atom stereocenters.